The number of carboxylic acid groups (broad SMARTS) is 1. The van der Waals surface area contributed by atoms with E-state index in [-0.39, 0.29) is 23.7 Å². The van der Waals surface area contributed by atoms with E-state index in [4.69, 9.17) is 5.73 Å². The van der Waals surface area contributed by atoms with Gasteiger partial charge in [0.05, 0.1) is 19.1 Å². The molecule has 0 aromatic heterocycles. The van der Waals surface area contributed by atoms with Crippen molar-refractivity contribution in [2.24, 2.45) is 29.4 Å². The number of amides is 6. The van der Waals surface area contributed by atoms with Crippen molar-refractivity contribution < 1.29 is 38.7 Å². The highest BCUT2D eigenvalue weighted by molar-refractivity contribution is 7.98. The van der Waals surface area contributed by atoms with Crippen LogP contribution in [0.1, 0.15) is 68.2 Å². The summed E-state index contributed by atoms with van der Waals surface area (Å²) < 4.78 is 0. The lowest BCUT2D eigenvalue weighted by Crippen LogP contribution is -2.58. The van der Waals surface area contributed by atoms with E-state index in [1.807, 2.05) is 20.1 Å². The molecule has 0 aromatic carbocycles. The summed E-state index contributed by atoms with van der Waals surface area (Å²) >= 11 is 1.50. The van der Waals surface area contributed by atoms with Crippen molar-refractivity contribution in [2.45, 2.75) is 98.4 Å². The number of nitrogens with two attached hydrogens (primary N) is 1. The molecule has 0 heterocycles. The Labute approximate surface area is 276 Å². The molecule has 0 spiro atoms. The number of hydrogen-bond acceptors (Lipinski definition) is 9. The third-order valence-electron chi connectivity index (χ3n) is 6.92. The van der Waals surface area contributed by atoms with Gasteiger partial charge in [-0.1, -0.05) is 55.4 Å². The van der Waals surface area contributed by atoms with Crippen LogP contribution < -0.4 is 37.6 Å². The van der Waals surface area contributed by atoms with E-state index in [2.05, 4.69) is 31.9 Å². The van der Waals surface area contributed by atoms with E-state index in [0.29, 0.717) is 18.6 Å². The van der Waals surface area contributed by atoms with Gasteiger partial charge < -0.3 is 42.7 Å². The Bertz CT molecular complexity index is 1050. The first-order valence-corrected chi connectivity index (χ1v) is 16.9. The predicted octanol–water partition coefficient (Wildman–Crippen LogP) is -0.663. The van der Waals surface area contributed by atoms with Crippen LogP contribution in [-0.4, -0.2) is 102 Å². The van der Waals surface area contributed by atoms with Crippen molar-refractivity contribution in [1.29, 1.82) is 0 Å². The second-order valence-corrected chi connectivity index (χ2v) is 13.6. The minimum atomic E-state index is -1.20. The van der Waals surface area contributed by atoms with E-state index in [0.717, 1.165) is 0 Å². The molecule has 0 aromatic rings. The zero-order valence-electron chi connectivity index (χ0n) is 28.5. The van der Waals surface area contributed by atoms with Crippen LogP contribution in [-0.2, 0) is 33.6 Å². The number of aliphatic carboxylic acids is 1. The van der Waals surface area contributed by atoms with Gasteiger partial charge in [0.15, 0.2) is 0 Å². The second-order valence-electron chi connectivity index (χ2n) is 12.7. The fourth-order valence-electron chi connectivity index (χ4n) is 4.22. The Hall–Kier alpha value is -3.40. The van der Waals surface area contributed by atoms with Gasteiger partial charge >= 0.3 is 5.97 Å². The van der Waals surface area contributed by atoms with Crippen LogP contribution in [0.2, 0.25) is 0 Å². The van der Waals surface area contributed by atoms with E-state index in [9.17, 15) is 38.7 Å². The zero-order chi connectivity index (χ0) is 35.7. The molecule has 0 aliphatic rings. The van der Waals surface area contributed by atoms with E-state index in [1.54, 1.807) is 41.5 Å². The number of thioether (sulfide) groups is 1. The zero-order valence-corrected chi connectivity index (χ0v) is 29.3. The van der Waals surface area contributed by atoms with Crippen molar-refractivity contribution in [3.8, 4) is 0 Å². The minimum Gasteiger partial charge on any atom is -0.480 e. The molecule has 15 nitrogen and oxygen atoms in total. The summed E-state index contributed by atoms with van der Waals surface area (Å²) in [4.78, 5) is 87.7. The molecule has 0 rings (SSSR count). The first-order valence-electron chi connectivity index (χ1n) is 15.5. The molecule has 5 atom stereocenters. The third-order valence-corrected chi connectivity index (χ3v) is 7.56. The maximum Gasteiger partial charge on any atom is 0.326 e. The van der Waals surface area contributed by atoms with Gasteiger partial charge in [0.1, 0.15) is 24.2 Å². The molecule has 16 heteroatoms. The van der Waals surface area contributed by atoms with Crippen molar-refractivity contribution >= 4 is 53.2 Å². The van der Waals surface area contributed by atoms with Crippen LogP contribution >= 0.6 is 11.8 Å². The van der Waals surface area contributed by atoms with Crippen LogP contribution in [0.4, 0.5) is 0 Å². The summed E-state index contributed by atoms with van der Waals surface area (Å²) in [6.45, 7) is 12.9. The molecular formula is C30H55N7O8S. The first kappa shape index (κ1) is 42.6. The number of carboxylic acids is 1. The Balaban J connectivity index is 5.16. The number of hydrogen-bond donors (Lipinski definition) is 8. The van der Waals surface area contributed by atoms with Gasteiger partial charge in [0, 0.05) is 0 Å². The maximum absolute atomic E-state index is 13.1. The van der Waals surface area contributed by atoms with Gasteiger partial charge in [-0.2, -0.15) is 11.8 Å². The summed E-state index contributed by atoms with van der Waals surface area (Å²) in [6.07, 6.45) is 2.63. The monoisotopic (exact) mass is 673 g/mol. The van der Waals surface area contributed by atoms with Crippen LogP contribution in [0.5, 0.6) is 0 Å². The molecule has 0 fully saturated rings. The molecule has 0 aliphatic carbocycles. The normalized spacial score (nSPS) is 14.6. The van der Waals surface area contributed by atoms with Gasteiger partial charge in [0.25, 0.3) is 0 Å². The highest BCUT2D eigenvalue weighted by Crippen LogP contribution is 2.09. The third kappa shape index (κ3) is 16.2. The minimum absolute atomic E-state index is 0.186. The van der Waals surface area contributed by atoms with E-state index >= 15 is 0 Å². The van der Waals surface area contributed by atoms with Gasteiger partial charge in [-0.15, -0.1) is 0 Å². The average molecular weight is 674 g/mol. The van der Waals surface area contributed by atoms with Crippen molar-refractivity contribution in [3.05, 3.63) is 0 Å². The lowest BCUT2D eigenvalue weighted by molar-refractivity contribution is -0.143. The van der Waals surface area contributed by atoms with E-state index < -0.39 is 84.7 Å². The standard InChI is InChI=1S/C30H55N7O8S/c1-15(2)12-19(31)26(40)34-20(10-11-46-9)27(41)36-23(16(3)4)28(42)33-13-21(38)32-14-22(39)35-24(17(5)6)29(43)37-25(18(7)8)30(44)45/h15-20,23-25H,10-14,31H2,1-9H3,(H,32,38)(H,33,42)(H,34,40)(H,35,39)(H,36,41)(H,37,43)(H,44,45)/t19-,20-,23-,24-,25-/m0/s1. The molecule has 0 unspecified atom stereocenters. The second kappa shape index (κ2) is 21.4. The van der Waals surface area contributed by atoms with Gasteiger partial charge in [0.2, 0.25) is 35.4 Å². The molecule has 264 valence electrons. The fourth-order valence-corrected chi connectivity index (χ4v) is 4.69. The van der Waals surface area contributed by atoms with Gasteiger partial charge in [-0.25, -0.2) is 4.79 Å². The Morgan fingerprint density at radius 3 is 1.61 bits per heavy atom. The average Bonchev–Trinajstić information content (AvgIpc) is 2.95. The summed E-state index contributed by atoms with van der Waals surface area (Å²) in [5.74, 6) is -5.27. The van der Waals surface area contributed by atoms with Crippen molar-refractivity contribution in [1.82, 2.24) is 31.9 Å². The topological polar surface area (TPSA) is 238 Å². The molecule has 0 saturated carbocycles. The smallest absolute Gasteiger partial charge is 0.326 e. The molecule has 6 amide bonds. The SMILES string of the molecule is CSCC[C@H](NC(=O)[C@@H](N)CC(C)C)C(=O)N[C@H](C(=O)NCC(=O)NCC(=O)N[C@H](C(=O)N[C@H](C(=O)O)C(C)C)C(C)C)C(C)C. The quantitative estimate of drug-likeness (QED) is 0.0765. The Kier molecular flexibility index (Phi) is 19.8. The Morgan fingerprint density at radius 2 is 1.13 bits per heavy atom. The highest BCUT2D eigenvalue weighted by Gasteiger charge is 2.31. The van der Waals surface area contributed by atoms with Crippen LogP contribution in [0.3, 0.4) is 0 Å². The van der Waals surface area contributed by atoms with Gasteiger partial charge in [-0.3, -0.25) is 28.8 Å². The molecule has 9 N–H and O–H groups in total. The predicted molar refractivity (Wildman–Crippen MR) is 176 cm³/mol. The number of carbonyl (C=O) groups excluding carboxylic acids is 6. The van der Waals surface area contributed by atoms with Gasteiger partial charge in [-0.05, 0) is 48.5 Å². The molecule has 46 heavy (non-hydrogen) atoms. The first-order chi connectivity index (χ1) is 21.3. The summed E-state index contributed by atoms with van der Waals surface area (Å²) in [5, 5.41) is 24.4. The number of nitrogens with one attached hydrogen (secondary N) is 6. The molecule has 0 radical (unpaired) electrons. The largest absolute Gasteiger partial charge is 0.480 e. The van der Waals surface area contributed by atoms with Crippen molar-refractivity contribution in [3.63, 3.8) is 0 Å². The van der Waals surface area contributed by atoms with Crippen molar-refractivity contribution in [2.75, 3.05) is 25.1 Å². The molecule has 0 aliphatic heterocycles. The lowest BCUT2D eigenvalue weighted by atomic mass is 10.0. The number of rotatable bonds is 21. The van der Waals surface area contributed by atoms with Crippen LogP contribution in [0.15, 0.2) is 0 Å². The highest BCUT2D eigenvalue weighted by atomic mass is 32.2. The Morgan fingerprint density at radius 1 is 0.630 bits per heavy atom. The summed E-state index contributed by atoms with van der Waals surface area (Å²) in [7, 11) is 0. The summed E-state index contributed by atoms with van der Waals surface area (Å²) in [5.41, 5.74) is 5.98. The fraction of sp³-hybridized carbons (Fsp3) is 0.767. The van der Waals surface area contributed by atoms with Crippen LogP contribution in [0, 0.1) is 23.7 Å². The number of carbonyl (C=O) groups is 7. The lowest BCUT2D eigenvalue weighted by Gasteiger charge is -2.26. The van der Waals surface area contributed by atoms with E-state index in [1.165, 1.54) is 11.8 Å². The summed E-state index contributed by atoms with van der Waals surface area (Å²) in [6, 6.07) is -4.90. The maximum atomic E-state index is 13.1. The van der Waals surface area contributed by atoms with Crippen LogP contribution in [0.25, 0.3) is 0 Å². The molecular weight excluding hydrogens is 618 g/mol. The molecule has 0 bridgehead atoms. The molecule has 0 saturated heterocycles.